The van der Waals surface area contributed by atoms with Crippen molar-refractivity contribution in [2.45, 2.75) is 193 Å². The van der Waals surface area contributed by atoms with E-state index in [2.05, 4.69) is 190 Å². The first kappa shape index (κ1) is 139. The van der Waals surface area contributed by atoms with E-state index in [1.807, 2.05) is 411 Å². The number of aromatic nitrogens is 26. The lowest BCUT2D eigenvalue weighted by molar-refractivity contribution is 0.865. The maximum absolute atomic E-state index is 4.18. The van der Waals surface area contributed by atoms with E-state index in [0.717, 1.165) is 68.4 Å². The van der Waals surface area contributed by atoms with Gasteiger partial charge in [-0.2, -0.15) is 35.7 Å². The van der Waals surface area contributed by atoms with Crippen molar-refractivity contribution in [3.8, 4) is 0 Å². The second-order valence-electron chi connectivity index (χ2n) is 21.9. The number of hydrogen-bond donors (Lipinski definition) is 0. The summed E-state index contributed by atoms with van der Waals surface area (Å²) in [7, 11) is 0. The number of pyridine rings is 3. The second-order valence-corrected chi connectivity index (χ2v) is 21.9. The fourth-order valence-electron chi connectivity index (χ4n) is 8.44. The number of fused-ring (bicyclic) bond motifs is 6. The first-order valence-corrected chi connectivity index (χ1v) is 48.8. The fraction of sp³-hybridized carbons (Fsp3) is 0.252. The molecule has 0 atom stereocenters. The van der Waals surface area contributed by atoms with Gasteiger partial charge in [-0.05, 0) is 107 Å². The average molecular weight is 1930 g/mol. The van der Waals surface area contributed by atoms with E-state index in [1.165, 1.54) is 54.0 Å². The largest absolute Gasteiger partial charge is 0.289 e. The zero-order chi connectivity index (χ0) is 107. The summed E-state index contributed by atoms with van der Waals surface area (Å²) in [5, 5.41) is 48.5. The monoisotopic (exact) mass is 1930 g/mol. The SMILES string of the molecule is C1=CCC=C1.C1=CCN=C1.C1=CN=CC1.CC.CC.CC.CC.CC.CC.CC.CC.CC.CC.CC.CC.CC.c1ccc2cnccc2c1.c1ccc2cnncc2c1.c1ccc2ncccc2c1.c1ccc2ncncc2c1.c1ccc2ncncc2c1.c1ccc2nnccc2c1.c1ccncc1.c1ccnnc1.c1cnccn1.c1cncnc1.c1cnncn1.c1cnnnc1.c1ncncn1. The highest BCUT2D eigenvalue weighted by atomic mass is 15.3. The van der Waals surface area contributed by atoms with Crippen LogP contribution >= 0.6 is 0 Å². The summed E-state index contributed by atoms with van der Waals surface area (Å²) in [5.74, 6) is 0. The standard InChI is InChI=1S/2C9H7N.4C8H6N2.C5H5N.C5H6.3C4H4N2.2C4H5N.3C3H3N3.13C2H6/c1-2-6-9-8(4-1)5-3-7-10-9;1-2-4-9-7-10-6-5-8(9)3-1;2*1-2-4-8-7(3-1)5-9-6-10-8;1-2-4-8-6-10-9-5-7(8)3-1;1-2-4-8-7(3-1)5-6-9-10-8;1-2-4-6-5-3-1;1-2-4-5-3-1;1-2-6-4-3-5-1;1-2-5-4-6-3-1;1-2-4-6-5-3-1;2*1-2-4-5-3-1;1-4-2-6-3-5-1;1-2-5-6-3-4-1;1-2-4-6-5-3-1;13*1-2/h2*1-7H;4*1-6H;1-5H;1-4H,5H2;3*1-4H;1,3-4H,2H2;1-3H,4H2;3*1-3H;13*1-2H3. The number of allylic oxidation sites excluding steroid dienone is 6. The lowest BCUT2D eigenvalue weighted by Gasteiger charge is -1.91. The molecule has 0 spiro atoms. The van der Waals surface area contributed by atoms with Crippen molar-refractivity contribution in [3.05, 3.63) is 442 Å². The van der Waals surface area contributed by atoms with Crippen LogP contribution in [0.15, 0.2) is 452 Å². The first-order chi connectivity index (χ1) is 71.3. The molecule has 0 N–H and O–H groups in total. The summed E-state index contributed by atoms with van der Waals surface area (Å²) in [6.45, 7) is 52.9. The van der Waals surface area contributed by atoms with Gasteiger partial charge in [-0.25, -0.2) is 49.8 Å². The number of hydrogen-bond acceptors (Lipinski definition) is 28. The lowest BCUT2D eigenvalue weighted by Crippen LogP contribution is -1.79. The predicted octanol–water partition coefficient (Wildman–Crippen LogP) is 29.6. The van der Waals surface area contributed by atoms with Crippen LogP contribution < -0.4 is 0 Å². The number of para-hydroxylation sites is 3. The van der Waals surface area contributed by atoms with Crippen molar-refractivity contribution in [2.24, 2.45) is 9.98 Å². The van der Waals surface area contributed by atoms with Crippen molar-refractivity contribution >= 4 is 77.6 Å². The average Bonchev–Trinajstić information content (AvgIpc) is 1.85. The van der Waals surface area contributed by atoms with Crippen LogP contribution in [0, 0.1) is 0 Å². The summed E-state index contributed by atoms with van der Waals surface area (Å²) >= 11 is 0. The van der Waals surface area contributed by atoms with E-state index >= 15 is 0 Å². The normalized spacial score (nSPS) is 8.94. The molecule has 143 heavy (non-hydrogen) atoms. The van der Waals surface area contributed by atoms with Crippen molar-refractivity contribution < 1.29 is 0 Å². The Morgan fingerprint density at radius 1 is 0.189 bits per heavy atom. The molecule has 0 radical (unpaired) electrons. The Morgan fingerprint density at radius 3 is 0.846 bits per heavy atom. The molecule has 15 heterocycles. The van der Waals surface area contributed by atoms with E-state index in [0.29, 0.717) is 0 Å². The quantitative estimate of drug-likeness (QED) is 0.136. The highest BCUT2D eigenvalue weighted by Crippen LogP contribution is 2.13. The van der Waals surface area contributed by atoms with Gasteiger partial charge in [-0.15, -0.1) is 15.3 Å². The third-order valence-electron chi connectivity index (χ3n) is 13.7. The molecule has 0 saturated heterocycles. The fourth-order valence-corrected chi connectivity index (χ4v) is 8.44. The van der Waals surface area contributed by atoms with Crippen LogP contribution in [0.25, 0.3) is 65.2 Å². The first-order valence-electron chi connectivity index (χ1n) is 48.8. The minimum Gasteiger partial charge on any atom is -0.289 e. The summed E-state index contributed by atoms with van der Waals surface area (Å²) in [5.41, 5.74) is 4.00. The molecule has 6 aromatic carbocycles. The molecule has 0 amide bonds. The maximum Gasteiger partial charge on any atom is 0.138 e. The van der Waals surface area contributed by atoms with Crippen LogP contribution in [0.4, 0.5) is 0 Å². The van der Waals surface area contributed by atoms with Crippen LogP contribution in [-0.4, -0.2) is 150 Å². The number of aliphatic imine (C=N–C) groups is 2. The molecule has 758 valence electrons. The number of nitrogens with zero attached hydrogens (tertiary/aromatic N) is 28. The maximum atomic E-state index is 4.18. The minimum absolute atomic E-state index is 0.889. The Hall–Kier alpha value is -16.8. The molecule has 2 aliphatic heterocycles. The van der Waals surface area contributed by atoms with E-state index in [4.69, 9.17) is 0 Å². The molecular formula is C115H158N28. The Kier molecular flexibility index (Phi) is 122. The van der Waals surface area contributed by atoms with E-state index in [9.17, 15) is 0 Å². The van der Waals surface area contributed by atoms with Gasteiger partial charge in [0.05, 0.1) is 65.8 Å². The van der Waals surface area contributed by atoms with Gasteiger partial charge in [0.25, 0.3) is 0 Å². The molecule has 28 heteroatoms. The van der Waals surface area contributed by atoms with E-state index in [-0.39, 0.29) is 0 Å². The van der Waals surface area contributed by atoms with E-state index in [1.54, 1.807) is 136 Å². The van der Waals surface area contributed by atoms with Gasteiger partial charge in [0.15, 0.2) is 0 Å². The second kappa shape index (κ2) is 125. The van der Waals surface area contributed by atoms with Gasteiger partial charge in [-0.3, -0.25) is 34.9 Å². The molecule has 3 aliphatic rings. The zero-order valence-corrected chi connectivity index (χ0v) is 89.4. The topological polar surface area (TPSA) is 360 Å². The zero-order valence-electron chi connectivity index (χ0n) is 89.4. The molecule has 0 saturated carbocycles. The van der Waals surface area contributed by atoms with Crippen LogP contribution in [0.3, 0.4) is 0 Å². The molecule has 22 rings (SSSR count). The van der Waals surface area contributed by atoms with E-state index < -0.39 is 0 Å². The Labute approximate surface area is 854 Å². The van der Waals surface area contributed by atoms with Gasteiger partial charge >= 0.3 is 0 Å². The van der Waals surface area contributed by atoms with Crippen molar-refractivity contribution in [1.82, 2.24) is 131 Å². The number of rotatable bonds is 0. The molecule has 28 nitrogen and oxygen atoms in total. The molecule has 0 unspecified atom stereocenters. The highest BCUT2D eigenvalue weighted by Gasteiger charge is 1.93. The van der Waals surface area contributed by atoms with Crippen LogP contribution in [0.1, 0.15) is 193 Å². The predicted molar refractivity (Wildman–Crippen MR) is 607 cm³/mol. The van der Waals surface area contributed by atoms with Gasteiger partial charge in [-0.1, -0.05) is 350 Å². The van der Waals surface area contributed by atoms with Gasteiger partial charge < -0.3 is 0 Å². The molecule has 0 bridgehead atoms. The lowest BCUT2D eigenvalue weighted by atomic mass is 10.2. The number of benzene rings is 6. The summed E-state index contributed by atoms with van der Waals surface area (Å²) in [6.07, 6.45) is 69.6. The van der Waals surface area contributed by atoms with Gasteiger partial charge in [0, 0.05) is 157 Å². The Balaban J connectivity index is -0.000000273. The van der Waals surface area contributed by atoms with Crippen molar-refractivity contribution in [1.29, 1.82) is 0 Å². The molecule has 1 aliphatic carbocycles. The van der Waals surface area contributed by atoms with Crippen molar-refractivity contribution in [3.63, 3.8) is 0 Å². The third kappa shape index (κ3) is 86.5. The molecular weight excluding hydrogens is 1770 g/mol. The van der Waals surface area contributed by atoms with Crippen LogP contribution in [-0.2, 0) is 0 Å². The molecule has 13 aromatic heterocycles. The minimum atomic E-state index is 0.889. The summed E-state index contributed by atoms with van der Waals surface area (Å²) < 4.78 is 0. The Morgan fingerprint density at radius 2 is 0.559 bits per heavy atom. The smallest absolute Gasteiger partial charge is 0.138 e. The van der Waals surface area contributed by atoms with Crippen LogP contribution in [0.2, 0.25) is 0 Å². The summed E-state index contributed by atoms with van der Waals surface area (Å²) in [4.78, 5) is 64.6. The molecule has 0 fully saturated rings. The Bertz CT molecular complexity index is 4240. The van der Waals surface area contributed by atoms with Gasteiger partial charge in [0.2, 0.25) is 0 Å². The third-order valence-corrected chi connectivity index (χ3v) is 13.7. The highest BCUT2D eigenvalue weighted by molar-refractivity contribution is 5.82. The van der Waals surface area contributed by atoms with Crippen LogP contribution in [0.5, 0.6) is 0 Å². The van der Waals surface area contributed by atoms with Crippen molar-refractivity contribution in [2.75, 3.05) is 6.54 Å². The van der Waals surface area contributed by atoms with Gasteiger partial charge in [0.1, 0.15) is 44.3 Å². The molecule has 19 aromatic rings. The summed E-state index contributed by atoms with van der Waals surface area (Å²) in [6, 6.07) is 68.8.